The van der Waals surface area contributed by atoms with E-state index in [0.717, 1.165) is 59.9 Å². The van der Waals surface area contributed by atoms with E-state index >= 15 is 0 Å². The van der Waals surface area contributed by atoms with E-state index in [-0.39, 0.29) is 5.11 Å². The molecule has 1 aromatic heterocycles. The van der Waals surface area contributed by atoms with Crippen LogP contribution in [0.25, 0.3) is 11.3 Å². The molecule has 2 aromatic rings. The quantitative estimate of drug-likeness (QED) is 0.841. The van der Waals surface area contributed by atoms with Crippen molar-refractivity contribution in [2.45, 2.75) is 19.3 Å². The third kappa shape index (κ3) is 2.96. The predicted molar refractivity (Wildman–Crippen MR) is 94.4 cm³/mol. The second-order valence-corrected chi connectivity index (χ2v) is 5.83. The van der Waals surface area contributed by atoms with Crippen LogP contribution in [0.3, 0.4) is 0 Å². The molecular formula is C16H20N4O2S. The lowest BCUT2D eigenvalue weighted by Gasteiger charge is -2.08. The minimum atomic E-state index is 0.233. The summed E-state index contributed by atoms with van der Waals surface area (Å²) < 4.78 is 12.3. The number of benzene rings is 1. The van der Waals surface area contributed by atoms with Crippen LogP contribution in [0.15, 0.2) is 18.2 Å². The summed E-state index contributed by atoms with van der Waals surface area (Å²) in [5, 5.41) is 8.26. The molecule has 7 heteroatoms. The van der Waals surface area contributed by atoms with E-state index in [1.807, 2.05) is 18.2 Å². The van der Waals surface area contributed by atoms with Gasteiger partial charge < -0.3 is 20.5 Å². The third-order valence-electron chi connectivity index (χ3n) is 3.96. The van der Waals surface area contributed by atoms with Gasteiger partial charge in [0, 0.05) is 23.7 Å². The van der Waals surface area contributed by atoms with Crippen LogP contribution in [0.4, 0.5) is 5.82 Å². The van der Waals surface area contributed by atoms with Crippen molar-refractivity contribution in [1.82, 2.24) is 9.78 Å². The summed E-state index contributed by atoms with van der Waals surface area (Å²) in [7, 11) is 3.27. The van der Waals surface area contributed by atoms with Gasteiger partial charge in [0.05, 0.1) is 19.9 Å². The second-order valence-electron chi connectivity index (χ2n) is 5.41. The van der Waals surface area contributed by atoms with Crippen LogP contribution in [0.2, 0.25) is 0 Å². The predicted octanol–water partition coefficient (Wildman–Crippen LogP) is 2.41. The fourth-order valence-electron chi connectivity index (χ4n) is 2.84. The zero-order valence-electron chi connectivity index (χ0n) is 13.3. The monoisotopic (exact) mass is 332 g/mol. The van der Waals surface area contributed by atoms with Gasteiger partial charge in [0.25, 0.3) is 0 Å². The van der Waals surface area contributed by atoms with Crippen LogP contribution < -0.4 is 20.5 Å². The van der Waals surface area contributed by atoms with E-state index in [9.17, 15) is 0 Å². The fraction of sp³-hybridized carbons (Fsp3) is 0.375. The first kappa shape index (κ1) is 15.6. The summed E-state index contributed by atoms with van der Waals surface area (Å²) in [4.78, 5) is 0. The second kappa shape index (κ2) is 6.45. The fourth-order valence-corrected chi connectivity index (χ4v) is 2.97. The Morgan fingerprint density at radius 1 is 1.22 bits per heavy atom. The van der Waals surface area contributed by atoms with Crippen molar-refractivity contribution >= 4 is 23.1 Å². The summed E-state index contributed by atoms with van der Waals surface area (Å²) in [6.45, 7) is 0.891. The zero-order chi connectivity index (χ0) is 16.4. The molecule has 0 spiro atoms. The number of aromatic nitrogens is 2. The van der Waals surface area contributed by atoms with Crippen LogP contribution in [-0.4, -0.2) is 35.7 Å². The van der Waals surface area contributed by atoms with Crippen molar-refractivity contribution in [2.75, 3.05) is 26.1 Å². The van der Waals surface area contributed by atoms with Crippen molar-refractivity contribution in [3.05, 3.63) is 23.8 Å². The van der Waals surface area contributed by atoms with Gasteiger partial charge in [0.15, 0.2) is 5.11 Å². The summed E-state index contributed by atoms with van der Waals surface area (Å²) in [6.07, 6.45) is 3.13. The Bertz CT molecular complexity index is 720. The van der Waals surface area contributed by atoms with E-state index in [1.165, 1.54) is 0 Å². The molecule has 0 saturated carbocycles. The molecule has 1 aliphatic heterocycles. The van der Waals surface area contributed by atoms with Crippen LogP contribution in [-0.2, 0) is 6.42 Å². The molecule has 2 heterocycles. The number of nitrogens with zero attached hydrogens (tertiary/aromatic N) is 2. The van der Waals surface area contributed by atoms with Gasteiger partial charge in [-0.25, -0.2) is 0 Å². The first-order chi connectivity index (χ1) is 11.1. The van der Waals surface area contributed by atoms with Crippen molar-refractivity contribution in [2.24, 2.45) is 5.73 Å². The maximum atomic E-state index is 5.83. The van der Waals surface area contributed by atoms with Crippen molar-refractivity contribution < 1.29 is 9.47 Å². The molecule has 1 aromatic carbocycles. The molecular weight excluding hydrogens is 312 g/mol. The topological polar surface area (TPSA) is 74.3 Å². The lowest BCUT2D eigenvalue weighted by molar-refractivity contribution is 0.394. The summed E-state index contributed by atoms with van der Waals surface area (Å²) in [6, 6.07) is 5.73. The number of nitrogens with two attached hydrogens (primary N) is 1. The molecule has 0 amide bonds. The molecule has 23 heavy (non-hydrogen) atoms. The number of thiocarbonyl (C=S) groups is 1. The van der Waals surface area contributed by atoms with Crippen molar-refractivity contribution in [3.63, 3.8) is 0 Å². The van der Waals surface area contributed by atoms with Crippen LogP contribution in [0, 0.1) is 0 Å². The molecule has 0 atom stereocenters. The van der Waals surface area contributed by atoms with E-state index < -0.39 is 0 Å². The first-order valence-corrected chi connectivity index (χ1v) is 7.94. The largest absolute Gasteiger partial charge is 0.497 e. The number of anilines is 1. The third-order valence-corrected chi connectivity index (χ3v) is 4.14. The number of nitrogens with one attached hydrogen (secondary N) is 1. The lowest BCUT2D eigenvalue weighted by Crippen LogP contribution is -2.22. The van der Waals surface area contributed by atoms with Gasteiger partial charge in [0.2, 0.25) is 0 Å². The van der Waals surface area contributed by atoms with Crippen LogP contribution in [0.1, 0.15) is 18.4 Å². The Balaban J connectivity index is 2.18. The minimum absolute atomic E-state index is 0.233. The van der Waals surface area contributed by atoms with Crippen LogP contribution in [0.5, 0.6) is 11.5 Å². The van der Waals surface area contributed by atoms with E-state index in [0.29, 0.717) is 0 Å². The highest BCUT2D eigenvalue weighted by molar-refractivity contribution is 7.80. The number of methoxy groups -OCH3 is 2. The molecule has 122 valence electrons. The standard InChI is InChI=1S/C16H20N4O2S/c1-21-11-7-10(8-12(9-11)22-2)14-13-5-3-4-6-18-15(13)20(19-14)16(17)23/h7-9,18H,3-6H2,1-2H3,(H2,17,23). The molecule has 0 bridgehead atoms. The van der Waals surface area contributed by atoms with Gasteiger partial charge in [-0.15, -0.1) is 0 Å². The van der Waals surface area contributed by atoms with Gasteiger partial charge >= 0.3 is 0 Å². The number of hydrogen-bond donors (Lipinski definition) is 2. The van der Waals surface area contributed by atoms with E-state index in [1.54, 1.807) is 18.9 Å². The Morgan fingerprint density at radius 3 is 2.52 bits per heavy atom. The Hall–Kier alpha value is -2.28. The molecule has 0 fully saturated rings. The Labute approximate surface area is 140 Å². The smallest absolute Gasteiger partial charge is 0.193 e. The molecule has 0 radical (unpaired) electrons. The zero-order valence-corrected chi connectivity index (χ0v) is 14.1. The van der Waals surface area contributed by atoms with Gasteiger partial charge in [0.1, 0.15) is 17.3 Å². The first-order valence-electron chi connectivity index (χ1n) is 7.53. The van der Waals surface area contributed by atoms with Crippen molar-refractivity contribution in [3.8, 4) is 22.8 Å². The molecule has 3 rings (SSSR count). The van der Waals surface area contributed by atoms with E-state index in [2.05, 4.69) is 10.4 Å². The maximum absolute atomic E-state index is 5.83. The lowest BCUT2D eigenvalue weighted by atomic mass is 10.0. The Morgan fingerprint density at radius 2 is 1.91 bits per heavy atom. The normalized spacial score (nSPS) is 13.7. The highest BCUT2D eigenvalue weighted by atomic mass is 32.1. The average Bonchev–Trinajstić information content (AvgIpc) is 2.76. The maximum Gasteiger partial charge on any atom is 0.193 e. The highest BCUT2D eigenvalue weighted by Gasteiger charge is 2.22. The number of ether oxygens (including phenoxy) is 2. The Kier molecular flexibility index (Phi) is 4.38. The number of fused-ring (bicyclic) bond motifs is 1. The van der Waals surface area contributed by atoms with Gasteiger partial charge in [-0.3, -0.25) is 0 Å². The minimum Gasteiger partial charge on any atom is -0.497 e. The average molecular weight is 332 g/mol. The van der Waals surface area contributed by atoms with Crippen molar-refractivity contribution in [1.29, 1.82) is 0 Å². The number of hydrogen-bond acceptors (Lipinski definition) is 5. The number of rotatable bonds is 3. The molecule has 0 unspecified atom stereocenters. The molecule has 1 aliphatic rings. The van der Waals surface area contributed by atoms with Gasteiger partial charge in [-0.1, -0.05) is 0 Å². The summed E-state index contributed by atoms with van der Waals surface area (Å²) in [5.41, 5.74) is 8.75. The summed E-state index contributed by atoms with van der Waals surface area (Å²) >= 11 is 5.14. The highest BCUT2D eigenvalue weighted by Crippen LogP contribution is 2.35. The molecule has 6 nitrogen and oxygen atoms in total. The SMILES string of the molecule is COc1cc(OC)cc(-c2nn(C(N)=S)c3c2CCCCN3)c1. The molecule has 0 aliphatic carbocycles. The van der Waals surface area contributed by atoms with E-state index in [4.69, 9.17) is 27.4 Å². The van der Waals surface area contributed by atoms with Crippen LogP contribution >= 0.6 is 12.2 Å². The van der Waals surface area contributed by atoms with Gasteiger partial charge in [-0.05, 0) is 43.6 Å². The molecule has 3 N–H and O–H groups in total. The summed E-state index contributed by atoms with van der Waals surface area (Å²) in [5.74, 6) is 2.34. The molecule has 0 saturated heterocycles. The van der Waals surface area contributed by atoms with Gasteiger partial charge in [-0.2, -0.15) is 9.78 Å².